The summed E-state index contributed by atoms with van der Waals surface area (Å²) in [5.74, 6) is 3.26. The number of aromatic nitrogens is 4. The summed E-state index contributed by atoms with van der Waals surface area (Å²) in [5.41, 5.74) is 2.10. The van der Waals surface area contributed by atoms with Crippen LogP contribution in [0.2, 0.25) is 0 Å². The van der Waals surface area contributed by atoms with E-state index in [9.17, 15) is 0 Å². The van der Waals surface area contributed by atoms with E-state index in [0.717, 1.165) is 48.1 Å². The molecule has 7 nitrogen and oxygen atoms in total. The van der Waals surface area contributed by atoms with Crippen molar-refractivity contribution in [1.29, 1.82) is 0 Å². The number of piperazine rings is 1. The third-order valence-corrected chi connectivity index (χ3v) is 5.14. The van der Waals surface area contributed by atoms with E-state index in [1.54, 1.807) is 11.8 Å². The van der Waals surface area contributed by atoms with Gasteiger partial charge in [-0.3, -0.25) is 4.90 Å². The van der Waals surface area contributed by atoms with Gasteiger partial charge in [-0.1, -0.05) is 17.3 Å². The molecule has 0 saturated carbocycles. The Morgan fingerprint density at radius 1 is 1.31 bits per heavy atom. The van der Waals surface area contributed by atoms with Gasteiger partial charge in [0.1, 0.15) is 12.4 Å². The first kappa shape index (κ1) is 19.2. The summed E-state index contributed by atoms with van der Waals surface area (Å²) in [7, 11) is 2.10. The van der Waals surface area contributed by atoms with Crippen molar-refractivity contribution in [2.45, 2.75) is 18.3 Å². The van der Waals surface area contributed by atoms with Gasteiger partial charge in [0.2, 0.25) is 5.89 Å². The number of hydrogen-bond donors (Lipinski definition) is 1. The maximum atomic E-state index is 5.55. The number of hydrogen-bond acceptors (Lipinski definition) is 7. The summed E-state index contributed by atoms with van der Waals surface area (Å²) in [5, 5.41) is 7.61. The molecule has 1 saturated heterocycles. The highest BCUT2D eigenvalue weighted by atomic mass is 35.5. The number of benzene rings is 1. The van der Waals surface area contributed by atoms with Gasteiger partial charge in [-0.2, -0.15) is 16.7 Å². The second-order valence-electron chi connectivity index (χ2n) is 6.28. The smallest absolute Gasteiger partial charge is 0.246 e. The molecule has 1 fully saturated rings. The van der Waals surface area contributed by atoms with Gasteiger partial charge >= 0.3 is 0 Å². The molecule has 140 valence electrons. The van der Waals surface area contributed by atoms with Crippen molar-refractivity contribution in [3.63, 3.8) is 0 Å². The van der Waals surface area contributed by atoms with Crippen molar-refractivity contribution in [2.75, 3.05) is 32.9 Å². The molecule has 9 heteroatoms. The molecule has 1 aliphatic rings. The fourth-order valence-corrected chi connectivity index (χ4v) is 3.72. The molecular formula is C17H23ClN6OS. The molecule has 3 aromatic rings. The Bertz CT molecular complexity index is 866. The van der Waals surface area contributed by atoms with Crippen molar-refractivity contribution < 1.29 is 4.52 Å². The summed E-state index contributed by atoms with van der Waals surface area (Å²) in [4.78, 5) is 11.7. The first-order valence-electron chi connectivity index (χ1n) is 8.43. The van der Waals surface area contributed by atoms with Crippen LogP contribution >= 0.6 is 24.2 Å². The molecule has 26 heavy (non-hydrogen) atoms. The molecule has 0 amide bonds. The minimum Gasteiger partial charge on any atom is -0.337 e. The van der Waals surface area contributed by atoms with Crippen LogP contribution in [0.15, 0.2) is 28.8 Å². The first-order valence-corrected chi connectivity index (χ1v) is 9.82. The van der Waals surface area contributed by atoms with Crippen molar-refractivity contribution >= 4 is 35.2 Å². The van der Waals surface area contributed by atoms with Crippen LogP contribution in [0.25, 0.3) is 11.0 Å². The molecule has 3 heterocycles. The van der Waals surface area contributed by atoms with E-state index in [1.165, 1.54) is 0 Å². The number of para-hydroxylation sites is 2. The van der Waals surface area contributed by atoms with Gasteiger partial charge in [-0.25, -0.2) is 4.98 Å². The molecule has 2 aromatic heterocycles. The SMILES string of the molecule is CSCc1nc2ccccc2n1Cc1nc(C2CNCCN2C)no1.Cl. The van der Waals surface area contributed by atoms with Crippen LogP contribution in [-0.2, 0) is 12.3 Å². The Balaban J connectivity index is 0.00000196. The lowest BCUT2D eigenvalue weighted by atomic mass is 10.2. The number of halogens is 1. The van der Waals surface area contributed by atoms with E-state index >= 15 is 0 Å². The Kier molecular flexibility index (Phi) is 6.18. The molecule has 1 aliphatic heterocycles. The van der Waals surface area contributed by atoms with E-state index in [0.29, 0.717) is 12.4 Å². The van der Waals surface area contributed by atoms with Crippen molar-refractivity contribution in [1.82, 2.24) is 29.9 Å². The Morgan fingerprint density at radius 3 is 2.96 bits per heavy atom. The number of nitrogens with zero attached hydrogens (tertiary/aromatic N) is 5. The van der Waals surface area contributed by atoms with E-state index < -0.39 is 0 Å². The molecule has 0 spiro atoms. The first-order chi connectivity index (χ1) is 12.3. The van der Waals surface area contributed by atoms with Crippen LogP contribution in [0, 0.1) is 0 Å². The zero-order valence-corrected chi connectivity index (χ0v) is 16.5. The van der Waals surface area contributed by atoms with Crippen molar-refractivity contribution in [3.8, 4) is 0 Å². The number of fused-ring (bicyclic) bond motifs is 1. The van der Waals surface area contributed by atoms with Gasteiger partial charge < -0.3 is 14.4 Å². The maximum Gasteiger partial charge on any atom is 0.246 e. The highest BCUT2D eigenvalue weighted by molar-refractivity contribution is 7.97. The maximum absolute atomic E-state index is 5.55. The topological polar surface area (TPSA) is 72.0 Å². The third-order valence-electron chi connectivity index (χ3n) is 4.59. The summed E-state index contributed by atoms with van der Waals surface area (Å²) in [6.07, 6.45) is 2.08. The normalized spacial score (nSPS) is 18.2. The summed E-state index contributed by atoms with van der Waals surface area (Å²) < 4.78 is 7.72. The quantitative estimate of drug-likeness (QED) is 0.711. The molecule has 4 rings (SSSR count). The molecule has 1 N–H and O–H groups in total. The largest absolute Gasteiger partial charge is 0.337 e. The predicted octanol–water partition coefficient (Wildman–Crippen LogP) is 2.33. The van der Waals surface area contributed by atoms with Crippen LogP contribution in [0.4, 0.5) is 0 Å². The highest BCUT2D eigenvalue weighted by Crippen LogP contribution is 2.22. The molecule has 1 atom stereocenters. The van der Waals surface area contributed by atoms with Gasteiger partial charge in [0.25, 0.3) is 0 Å². The second kappa shape index (κ2) is 8.39. The number of nitrogens with one attached hydrogen (secondary N) is 1. The van der Waals surface area contributed by atoms with Gasteiger partial charge in [-0.05, 0) is 25.4 Å². The lowest BCUT2D eigenvalue weighted by Gasteiger charge is -2.30. The van der Waals surface area contributed by atoms with Crippen LogP contribution in [0.1, 0.15) is 23.6 Å². The van der Waals surface area contributed by atoms with Crippen molar-refractivity contribution in [2.24, 2.45) is 0 Å². The third kappa shape index (κ3) is 3.73. The Labute approximate surface area is 162 Å². The van der Waals surface area contributed by atoms with Gasteiger partial charge in [0.05, 0.1) is 22.8 Å². The summed E-state index contributed by atoms with van der Waals surface area (Å²) in [6, 6.07) is 8.33. The van der Waals surface area contributed by atoms with E-state index in [2.05, 4.69) is 44.3 Å². The standard InChI is InChI=1S/C17H22N6OS.ClH/c1-22-8-7-18-9-14(22)17-20-16(24-21-17)10-23-13-6-4-3-5-12(13)19-15(23)11-25-2;/h3-6,14,18H,7-11H2,1-2H3;1H. The predicted molar refractivity (Wildman–Crippen MR) is 106 cm³/mol. The highest BCUT2D eigenvalue weighted by Gasteiger charge is 2.25. The van der Waals surface area contributed by atoms with Crippen LogP contribution < -0.4 is 5.32 Å². The average molecular weight is 395 g/mol. The van der Waals surface area contributed by atoms with E-state index in [-0.39, 0.29) is 18.4 Å². The molecule has 0 aliphatic carbocycles. The lowest BCUT2D eigenvalue weighted by molar-refractivity contribution is 0.190. The van der Waals surface area contributed by atoms with Gasteiger partial charge in [-0.15, -0.1) is 12.4 Å². The summed E-state index contributed by atoms with van der Waals surface area (Å²) in [6.45, 7) is 3.38. The van der Waals surface area contributed by atoms with Gasteiger partial charge in [0.15, 0.2) is 5.82 Å². The number of imidazole rings is 1. The molecular weight excluding hydrogens is 372 g/mol. The van der Waals surface area contributed by atoms with E-state index in [1.807, 2.05) is 18.2 Å². The number of likely N-dealkylation sites (N-methyl/N-ethyl adjacent to an activating group) is 1. The van der Waals surface area contributed by atoms with Crippen LogP contribution in [0.5, 0.6) is 0 Å². The zero-order chi connectivity index (χ0) is 17.2. The fraction of sp³-hybridized carbons (Fsp3) is 0.471. The Hall–Kier alpha value is -1.61. The zero-order valence-electron chi connectivity index (χ0n) is 14.9. The van der Waals surface area contributed by atoms with E-state index in [4.69, 9.17) is 9.51 Å². The second-order valence-corrected chi connectivity index (χ2v) is 7.15. The van der Waals surface area contributed by atoms with Crippen LogP contribution in [-0.4, -0.2) is 57.5 Å². The molecule has 1 unspecified atom stereocenters. The molecule has 1 aromatic carbocycles. The fourth-order valence-electron chi connectivity index (χ4n) is 3.24. The minimum atomic E-state index is 0. The monoisotopic (exact) mass is 394 g/mol. The molecule has 0 radical (unpaired) electrons. The average Bonchev–Trinajstić information content (AvgIpc) is 3.22. The summed E-state index contributed by atoms with van der Waals surface area (Å²) >= 11 is 1.76. The number of thioether (sulfide) groups is 1. The van der Waals surface area contributed by atoms with Crippen molar-refractivity contribution in [3.05, 3.63) is 41.8 Å². The minimum absolute atomic E-state index is 0. The Morgan fingerprint density at radius 2 is 2.15 bits per heavy atom. The lowest BCUT2D eigenvalue weighted by Crippen LogP contribution is -2.44. The van der Waals surface area contributed by atoms with Crippen LogP contribution in [0.3, 0.4) is 0 Å². The number of rotatable bonds is 5. The molecule has 0 bridgehead atoms. The van der Waals surface area contributed by atoms with Gasteiger partial charge in [0, 0.05) is 19.6 Å².